The Morgan fingerprint density at radius 3 is 1.73 bits per heavy atom. The lowest BCUT2D eigenvalue weighted by Crippen LogP contribution is -2.35. The lowest BCUT2D eigenvalue weighted by Gasteiger charge is -2.40. The average molecular weight is 812 g/mol. The number of allylic oxidation sites excluding steroid dienone is 4. The molecule has 1 atom stereocenters. The summed E-state index contributed by atoms with van der Waals surface area (Å²) in [5.74, 6) is 1.05. The first kappa shape index (κ1) is 36.5. The molecule has 0 fully saturated rings. The van der Waals surface area contributed by atoms with Crippen molar-refractivity contribution in [2.75, 3.05) is 0 Å². The summed E-state index contributed by atoms with van der Waals surface area (Å²) in [6, 6.07) is 77.3. The van der Waals surface area contributed by atoms with Gasteiger partial charge in [-0.05, 0) is 104 Å². The van der Waals surface area contributed by atoms with Crippen LogP contribution in [-0.2, 0) is 5.41 Å². The molecule has 10 aromatic rings. The maximum atomic E-state index is 5.45. The predicted molar refractivity (Wildman–Crippen MR) is 263 cm³/mol. The molecule has 3 nitrogen and oxygen atoms in total. The summed E-state index contributed by atoms with van der Waals surface area (Å²) in [7, 11) is 0. The molecule has 0 amide bonds. The predicted octanol–water partition coefficient (Wildman–Crippen LogP) is 12.3. The molecule has 62 heavy (non-hydrogen) atoms. The summed E-state index contributed by atoms with van der Waals surface area (Å²) in [5, 5.41) is 4.87. The van der Waals surface area contributed by atoms with E-state index in [4.69, 9.17) is 16.3 Å². The summed E-state index contributed by atoms with van der Waals surface area (Å²) in [5.41, 5.74) is 13.6. The van der Waals surface area contributed by atoms with Gasteiger partial charge in [0.2, 0.25) is 0 Å². The molecule has 0 saturated heterocycles. The highest BCUT2D eigenvalue weighted by molar-refractivity contribution is 7.93. The fourth-order valence-corrected chi connectivity index (χ4v) is 13.5. The van der Waals surface area contributed by atoms with Gasteiger partial charge in [0.05, 0.1) is 22.0 Å². The number of hydrogen-bond acceptors (Lipinski definition) is 2. The standard InChI is InChI=1S/C58H42N3P/c1-62(45-22-10-4-11-23-45,46-24-12-5-13-25-46)47-34-30-40(31-35-47)41-32-36-48-49-37-33-42(56-59-53-27-15-14-26-50(53)57-60-54-28-16-17-29-55(54)61(56)57)39-52(49)58(51(48)38-41,43-18-6-2-7-19-43)44-20-8-3-9-21-44/h2-38,52H,1,39H2. The van der Waals surface area contributed by atoms with Crippen LogP contribution >= 0.6 is 6.89 Å². The molecule has 0 bridgehead atoms. The molecular formula is C58H42N3P. The third-order valence-electron chi connectivity index (χ3n) is 13.5. The number of fused-ring (bicyclic) bond motifs is 8. The number of imidazole rings is 1. The third kappa shape index (κ3) is 5.45. The second kappa shape index (κ2) is 14.4. The van der Waals surface area contributed by atoms with Gasteiger partial charge in [0, 0.05) is 11.3 Å². The molecule has 0 aliphatic heterocycles. The SMILES string of the molecule is C=P(c1ccccc1)(c1ccccc1)c1ccc(-c2ccc3c(c2)C(c2ccccc2)(c2ccccc2)C2CC(c4nc5ccccc5c5nc6ccccc6n45)=CC=C32)cc1. The van der Waals surface area contributed by atoms with Gasteiger partial charge >= 0.3 is 0 Å². The van der Waals surface area contributed by atoms with Crippen LogP contribution in [0.1, 0.15) is 34.5 Å². The molecule has 0 saturated carbocycles. The van der Waals surface area contributed by atoms with Gasteiger partial charge in [0.1, 0.15) is 11.5 Å². The molecule has 294 valence electrons. The molecule has 2 aliphatic rings. The van der Waals surface area contributed by atoms with E-state index in [1.165, 1.54) is 60.4 Å². The second-order valence-electron chi connectivity index (χ2n) is 16.6. The summed E-state index contributed by atoms with van der Waals surface area (Å²) in [6.07, 6.45) is 10.5. The Morgan fingerprint density at radius 2 is 1.06 bits per heavy atom. The summed E-state index contributed by atoms with van der Waals surface area (Å²) in [6.45, 7) is -2.11. The normalized spacial score (nSPS) is 15.6. The highest BCUT2D eigenvalue weighted by Crippen LogP contribution is 2.61. The van der Waals surface area contributed by atoms with Crippen LogP contribution in [0.5, 0.6) is 0 Å². The monoisotopic (exact) mass is 811 g/mol. The molecular weight excluding hydrogens is 770 g/mol. The Kier molecular flexibility index (Phi) is 8.49. The van der Waals surface area contributed by atoms with Crippen LogP contribution in [0.3, 0.4) is 0 Å². The van der Waals surface area contributed by atoms with E-state index in [1.54, 1.807) is 0 Å². The van der Waals surface area contributed by atoms with E-state index in [1.807, 2.05) is 0 Å². The first-order valence-electron chi connectivity index (χ1n) is 21.4. The zero-order valence-electron chi connectivity index (χ0n) is 34.1. The minimum atomic E-state index is -2.11. The minimum Gasteiger partial charge on any atom is -0.276 e. The van der Waals surface area contributed by atoms with Gasteiger partial charge in [-0.3, -0.25) is 4.40 Å². The van der Waals surface area contributed by atoms with E-state index in [0.717, 1.165) is 39.8 Å². The molecule has 0 radical (unpaired) electrons. The molecule has 4 heteroatoms. The quantitative estimate of drug-likeness (QED) is 0.150. The molecule has 0 N–H and O–H groups in total. The van der Waals surface area contributed by atoms with Crippen LogP contribution in [0, 0.1) is 5.92 Å². The second-order valence-corrected chi connectivity index (χ2v) is 19.8. The van der Waals surface area contributed by atoms with Crippen molar-refractivity contribution in [2.45, 2.75) is 11.8 Å². The van der Waals surface area contributed by atoms with Crippen molar-refractivity contribution in [1.29, 1.82) is 0 Å². The molecule has 12 rings (SSSR count). The highest BCUT2D eigenvalue weighted by atomic mass is 31.2. The molecule has 1 unspecified atom stereocenters. The van der Waals surface area contributed by atoms with Crippen molar-refractivity contribution in [3.05, 3.63) is 253 Å². The van der Waals surface area contributed by atoms with Crippen LogP contribution in [0.25, 0.3) is 49.9 Å². The van der Waals surface area contributed by atoms with Gasteiger partial charge in [-0.1, -0.05) is 200 Å². The van der Waals surface area contributed by atoms with Crippen molar-refractivity contribution in [3.8, 4) is 11.1 Å². The van der Waals surface area contributed by atoms with Crippen LogP contribution in [0.2, 0.25) is 0 Å². The number of nitrogens with zero attached hydrogens (tertiary/aromatic N) is 3. The number of aromatic nitrogens is 3. The number of rotatable bonds is 7. The van der Waals surface area contributed by atoms with E-state index in [-0.39, 0.29) is 5.92 Å². The van der Waals surface area contributed by atoms with Crippen molar-refractivity contribution >= 4 is 67.8 Å². The fourth-order valence-electron chi connectivity index (χ4n) is 10.6. The van der Waals surface area contributed by atoms with Gasteiger partial charge in [-0.15, -0.1) is 0 Å². The molecule has 2 aromatic heterocycles. The maximum absolute atomic E-state index is 5.45. The number of hydrogen-bond donors (Lipinski definition) is 0. The van der Waals surface area contributed by atoms with Crippen LogP contribution in [0.15, 0.2) is 224 Å². The first-order valence-corrected chi connectivity index (χ1v) is 23.4. The van der Waals surface area contributed by atoms with Gasteiger partial charge in [0.25, 0.3) is 0 Å². The third-order valence-corrected chi connectivity index (χ3v) is 17.0. The summed E-state index contributed by atoms with van der Waals surface area (Å²) >= 11 is 0. The Labute approximate surface area is 362 Å². The number of para-hydroxylation sites is 3. The van der Waals surface area contributed by atoms with Gasteiger partial charge in [-0.2, -0.15) is 0 Å². The Morgan fingerprint density at radius 1 is 0.516 bits per heavy atom. The van der Waals surface area contributed by atoms with E-state index in [0.29, 0.717) is 0 Å². The van der Waals surface area contributed by atoms with Crippen molar-refractivity contribution < 1.29 is 0 Å². The smallest absolute Gasteiger partial charge is 0.149 e. The lowest BCUT2D eigenvalue weighted by molar-refractivity contribution is 0.488. The Balaban J connectivity index is 1.04. The molecule has 2 aliphatic carbocycles. The van der Waals surface area contributed by atoms with Crippen LogP contribution in [0.4, 0.5) is 0 Å². The zero-order chi connectivity index (χ0) is 41.3. The van der Waals surface area contributed by atoms with Gasteiger partial charge in [0.15, 0.2) is 0 Å². The van der Waals surface area contributed by atoms with E-state index in [2.05, 4.69) is 229 Å². The zero-order valence-corrected chi connectivity index (χ0v) is 35.0. The topological polar surface area (TPSA) is 30.2 Å². The van der Waals surface area contributed by atoms with Crippen molar-refractivity contribution in [3.63, 3.8) is 0 Å². The van der Waals surface area contributed by atoms with E-state index < -0.39 is 12.3 Å². The van der Waals surface area contributed by atoms with Crippen molar-refractivity contribution in [2.24, 2.45) is 5.92 Å². The first-order chi connectivity index (χ1) is 30.6. The lowest BCUT2D eigenvalue weighted by atomic mass is 9.62. The average Bonchev–Trinajstić information content (AvgIpc) is 3.89. The number of benzene rings is 8. The summed E-state index contributed by atoms with van der Waals surface area (Å²) < 4.78 is 2.29. The maximum Gasteiger partial charge on any atom is 0.149 e. The Bertz CT molecular complexity index is 3360. The molecule has 0 spiro atoms. The highest BCUT2D eigenvalue weighted by Gasteiger charge is 2.52. The van der Waals surface area contributed by atoms with Gasteiger partial charge in [-0.25, -0.2) is 9.97 Å². The Hall–Kier alpha value is -7.32. The van der Waals surface area contributed by atoms with E-state index >= 15 is 0 Å². The molecule has 2 heterocycles. The largest absolute Gasteiger partial charge is 0.276 e. The summed E-state index contributed by atoms with van der Waals surface area (Å²) in [4.78, 5) is 10.6. The van der Waals surface area contributed by atoms with Crippen LogP contribution in [-0.4, -0.2) is 20.7 Å². The fraction of sp³-hybridized carbons (Fsp3) is 0.0517. The minimum absolute atomic E-state index is 0.103. The van der Waals surface area contributed by atoms with Crippen LogP contribution < -0.4 is 15.9 Å². The van der Waals surface area contributed by atoms with Gasteiger partial charge < -0.3 is 0 Å². The van der Waals surface area contributed by atoms with Crippen molar-refractivity contribution in [1.82, 2.24) is 14.4 Å². The molecule has 8 aromatic carbocycles. The van der Waals surface area contributed by atoms with E-state index in [9.17, 15) is 0 Å².